The lowest BCUT2D eigenvalue weighted by molar-refractivity contribution is 0.186. The van der Waals surface area contributed by atoms with Gasteiger partial charge in [0.1, 0.15) is 30.1 Å². The van der Waals surface area contributed by atoms with Crippen molar-refractivity contribution in [3.05, 3.63) is 23.0 Å². The first-order valence-electron chi connectivity index (χ1n) is 3.57. The molecule has 0 aromatic carbocycles. The average molecular weight is 160 g/mol. The van der Waals surface area contributed by atoms with E-state index in [2.05, 4.69) is 0 Å². The zero-order valence-corrected chi connectivity index (χ0v) is 6.96. The Bertz CT molecular complexity index is 339. The van der Waals surface area contributed by atoms with Crippen LogP contribution in [0.1, 0.15) is 13.8 Å². The summed E-state index contributed by atoms with van der Waals surface area (Å²) in [5.41, 5.74) is 1.57. The fourth-order valence-corrected chi connectivity index (χ4v) is 0.977. The van der Waals surface area contributed by atoms with Crippen LogP contribution in [0, 0.1) is 22.7 Å². The second-order valence-electron chi connectivity index (χ2n) is 2.59. The molecule has 0 saturated heterocycles. The molecule has 0 aromatic rings. The third kappa shape index (κ3) is 1.17. The van der Waals surface area contributed by atoms with Crippen molar-refractivity contribution in [1.82, 2.24) is 0 Å². The average Bonchev–Trinajstić information content (AvgIpc) is 2.09. The molecule has 0 saturated carbocycles. The molecule has 12 heavy (non-hydrogen) atoms. The smallest absolute Gasteiger partial charge is 0.117 e. The second kappa shape index (κ2) is 3.11. The summed E-state index contributed by atoms with van der Waals surface area (Å²) in [7, 11) is 0. The van der Waals surface area contributed by atoms with E-state index in [4.69, 9.17) is 15.3 Å². The van der Waals surface area contributed by atoms with Gasteiger partial charge in [-0.05, 0) is 19.4 Å². The third-order valence-corrected chi connectivity index (χ3v) is 1.90. The van der Waals surface area contributed by atoms with Gasteiger partial charge in [0.15, 0.2) is 0 Å². The maximum Gasteiger partial charge on any atom is 0.117 e. The molecule has 0 aliphatic carbocycles. The molecular formula is C9H8N2O. The SMILES string of the molecule is CC1=C(C#N)C(C#N)=COC1C. The van der Waals surface area contributed by atoms with Gasteiger partial charge in [-0.25, -0.2) is 0 Å². The number of allylic oxidation sites excluding steroid dienone is 2. The molecule has 0 spiro atoms. The number of hydrogen-bond donors (Lipinski definition) is 0. The van der Waals surface area contributed by atoms with E-state index in [-0.39, 0.29) is 6.10 Å². The molecule has 1 aliphatic heterocycles. The van der Waals surface area contributed by atoms with Crippen molar-refractivity contribution >= 4 is 0 Å². The van der Waals surface area contributed by atoms with Crippen molar-refractivity contribution in [3.63, 3.8) is 0 Å². The van der Waals surface area contributed by atoms with Crippen LogP contribution in [0.2, 0.25) is 0 Å². The topological polar surface area (TPSA) is 56.8 Å². The number of nitriles is 2. The fourth-order valence-electron chi connectivity index (χ4n) is 0.977. The van der Waals surface area contributed by atoms with Crippen molar-refractivity contribution in [3.8, 4) is 12.1 Å². The Morgan fingerprint density at radius 1 is 1.42 bits per heavy atom. The lowest BCUT2D eigenvalue weighted by atomic mass is 9.99. The van der Waals surface area contributed by atoms with Crippen LogP contribution < -0.4 is 0 Å². The maximum absolute atomic E-state index is 8.73. The summed E-state index contributed by atoms with van der Waals surface area (Å²) in [5.74, 6) is 0. The Kier molecular flexibility index (Phi) is 2.16. The van der Waals surface area contributed by atoms with Crippen molar-refractivity contribution in [1.29, 1.82) is 10.5 Å². The van der Waals surface area contributed by atoms with Crippen molar-refractivity contribution < 1.29 is 4.74 Å². The molecule has 60 valence electrons. The first-order valence-corrected chi connectivity index (χ1v) is 3.57. The van der Waals surface area contributed by atoms with Crippen LogP contribution in [0.4, 0.5) is 0 Å². The Balaban J connectivity index is 3.16. The number of ether oxygens (including phenoxy) is 1. The monoisotopic (exact) mass is 160 g/mol. The normalized spacial score (nSPS) is 22.0. The van der Waals surface area contributed by atoms with Gasteiger partial charge in [-0.15, -0.1) is 0 Å². The number of nitrogens with zero attached hydrogens (tertiary/aromatic N) is 2. The molecule has 1 heterocycles. The lowest BCUT2D eigenvalue weighted by Crippen LogP contribution is -2.13. The molecule has 0 amide bonds. The van der Waals surface area contributed by atoms with Crippen molar-refractivity contribution in [2.24, 2.45) is 0 Å². The Morgan fingerprint density at radius 2 is 2.08 bits per heavy atom. The van der Waals surface area contributed by atoms with Crippen molar-refractivity contribution in [2.45, 2.75) is 20.0 Å². The van der Waals surface area contributed by atoms with E-state index in [1.54, 1.807) is 6.92 Å². The summed E-state index contributed by atoms with van der Waals surface area (Å²) in [4.78, 5) is 0. The summed E-state index contributed by atoms with van der Waals surface area (Å²) >= 11 is 0. The molecule has 0 aromatic heterocycles. The number of rotatable bonds is 0. The minimum Gasteiger partial charge on any atom is -0.493 e. The molecule has 0 bridgehead atoms. The highest BCUT2D eigenvalue weighted by atomic mass is 16.5. The maximum atomic E-state index is 8.73. The van der Waals surface area contributed by atoms with E-state index < -0.39 is 0 Å². The predicted molar refractivity (Wildman–Crippen MR) is 42.6 cm³/mol. The van der Waals surface area contributed by atoms with Crippen molar-refractivity contribution in [2.75, 3.05) is 0 Å². The second-order valence-corrected chi connectivity index (χ2v) is 2.59. The van der Waals surface area contributed by atoms with Crippen LogP contribution in [-0.2, 0) is 4.74 Å². The summed E-state index contributed by atoms with van der Waals surface area (Å²) in [6.07, 6.45) is 1.24. The molecule has 3 nitrogen and oxygen atoms in total. The van der Waals surface area contributed by atoms with Crippen LogP contribution in [-0.4, -0.2) is 6.10 Å². The first-order chi connectivity index (χ1) is 5.70. The molecule has 0 radical (unpaired) electrons. The van der Waals surface area contributed by atoms with Gasteiger partial charge in [-0.2, -0.15) is 10.5 Å². The fraction of sp³-hybridized carbons (Fsp3) is 0.333. The van der Waals surface area contributed by atoms with E-state index in [0.717, 1.165) is 5.57 Å². The summed E-state index contributed by atoms with van der Waals surface area (Å²) < 4.78 is 5.13. The molecule has 1 rings (SSSR count). The zero-order valence-electron chi connectivity index (χ0n) is 6.96. The highest BCUT2D eigenvalue weighted by molar-refractivity contribution is 5.53. The molecule has 3 heteroatoms. The Hall–Kier alpha value is -1.74. The van der Waals surface area contributed by atoms with Gasteiger partial charge < -0.3 is 4.74 Å². The van der Waals surface area contributed by atoms with Gasteiger partial charge in [-0.3, -0.25) is 0 Å². The van der Waals surface area contributed by atoms with E-state index in [9.17, 15) is 0 Å². The van der Waals surface area contributed by atoms with Crippen LogP contribution in [0.25, 0.3) is 0 Å². The van der Waals surface area contributed by atoms with Gasteiger partial charge in [0.25, 0.3) is 0 Å². The Morgan fingerprint density at radius 3 is 2.58 bits per heavy atom. The summed E-state index contributed by atoms with van der Waals surface area (Å²) in [5, 5.41) is 17.3. The van der Waals surface area contributed by atoms with Gasteiger partial charge in [0.05, 0.1) is 5.57 Å². The summed E-state index contributed by atoms with van der Waals surface area (Å²) in [6.45, 7) is 3.64. The van der Waals surface area contributed by atoms with Gasteiger partial charge in [0, 0.05) is 0 Å². The molecule has 0 N–H and O–H groups in total. The highest BCUT2D eigenvalue weighted by Gasteiger charge is 2.18. The molecule has 1 atom stereocenters. The van der Waals surface area contributed by atoms with Gasteiger partial charge in [-0.1, -0.05) is 0 Å². The van der Waals surface area contributed by atoms with E-state index in [1.165, 1.54) is 6.26 Å². The largest absolute Gasteiger partial charge is 0.493 e. The van der Waals surface area contributed by atoms with Gasteiger partial charge >= 0.3 is 0 Å². The van der Waals surface area contributed by atoms with Crippen LogP contribution in [0.5, 0.6) is 0 Å². The van der Waals surface area contributed by atoms with E-state index in [0.29, 0.717) is 11.1 Å². The molecule has 1 aliphatic rings. The number of hydrogen-bond acceptors (Lipinski definition) is 3. The molecule has 1 unspecified atom stereocenters. The first kappa shape index (κ1) is 8.36. The van der Waals surface area contributed by atoms with Crippen LogP contribution >= 0.6 is 0 Å². The zero-order chi connectivity index (χ0) is 9.14. The minimum absolute atomic E-state index is 0.100. The van der Waals surface area contributed by atoms with E-state index in [1.807, 2.05) is 19.1 Å². The summed E-state index contributed by atoms with van der Waals surface area (Å²) in [6, 6.07) is 3.91. The third-order valence-electron chi connectivity index (χ3n) is 1.90. The van der Waals surface area contributed by atoms with E-state index >= 15 is 0 Å². The quantitative estimate of drug-likeness (QED) is 0.541. The highest BCUT2D eigenvalue weighted by Crippen LogP contribution is 2.23. The van der Waals surface area contributed by atoms with Gasteiger partial charge in [0.2, 0.25) is 0 Å². The Labute approximate surface area is 71.2 Å². The van der Waals surface area contributed by atoms with Crippen LogP contribution in [0.3, 0.4) is 0 Å². The molecular weight excluding hydrogens is 152 g/mol. The minimum atomic E-state index is -0.100. The molecule has 0 fully saturated rings. The predicted octanol–water partition coefficient (Wildman–Crippen LogP) is 1.65. The van der Waals surface area contributed by atoms with Crippen LogP contribution in [0.15, 0.2) is 23.0 Å². The standard InChI is InChI=1S/C9H8N2O/c1-6-7(2)12-5-8(3-10)9(6)4-11/h5,7H,1-2H3. The lowest BCUT2D eigenvalue weighted by Gasteiger charge is -2.18.